The summed E-state index contributed by atoms with van der Waals surface area (Å²) in [5.74, 6) is 0.0261. The standard InChI is InChI=1S/C21H26O3S/c1-5-16-6-8-17(9-7-16)14-20(22)19-12-10-18(11-13-19)15-25(23,24)21(2,3)4/h6-13H,5,14-15H2,1-4H3. The Kier molecular flexibility index (Phi) is 5.83. The normalized spacial score (nSPS) is 12.2. The van der Waals surface area contributed by atoms with E-state index in [1.807, 2.05) is 24.3 Å². The van der Waals surface area contributed by atoms with Crippen LogP contribution in [0.1, 0.15) is 54.7 Å². The molecule has 0 aliphatic heterocycles. The number of carbonyl (C=O) groups excluding carboxylic acids is 1. The van der Waals surface area contributed by atoms with Crippen molar-refractivity contribution in [3.63, 3.8) is 0 Å². The van der Waals surface area contributed by atoms with Crippen LogP contribution in [0.2, 0.25) is 0 Å². The summed E-state index contributed by atoms with van der Waals surface area (Å²) in [6, 6.07) is 15.0. The van der Waals surface area contributed by atoms with Gasteiger partial charge in [0.25, 0.3) is 0 Å². The third-order valence-electron chi connectivity index (χ3n) is 4.36. The highest BCUT2D eigenvalue weighted by molar-refractivity contribution is 7.91. The topological polar surface area (TPSA) is 51.2 Å². The van der Waals surface area contributed by atoms with E-state index < -0.39 is 14.6 Å². The Balaban J connectivity index is 2.07. The molecule has 0 unspecified atom stereocenters. The molecule has 2 aromatic rings. The molecular weight excluding hydrogens is 332 g/mol. The zero-order chi connectivity index (χ0) is 18.7. The largest absolute Gasteiger partial charge is 0.294 e. The fourth-order valence-electron chi connectivity index (χ4n) is 2.40. The van der Waals surface area contributed by atoms with Crippen LogP contribution in [0, 0.1) is 0 Å². The monoisotopic (exact) mass is 358 g/mol. The molecule has 0 bridgehead atoms. The lowest BCUT2D eigenvalue weighted by Gasteiger charge is -2.19. The molecule has 0 N–H and O–H groups in total. The molecule has 0 heterocycles. The van der Waals surface area contributed by atoms with E-state index in [1.54, 1.807) is 45.0 Å². The quantitative estimate of drug-likeness (QED) is 0.720. The highest BCUT2D eigenvalue weighted by atomic mass is 32.2. The Labute approximate surface area is 151 Å². The molecule has 0 amide bonds. The number of Topliss-reactive ketones (excluding diaryl/α,β-unsaturated/α-hetero) is 1. The van der Waals surface area contributed by atoms with Crippen LogP contribution in [0.3, 0.4) is 0 Å². The van der Waals surface area contributed by atoms with E-state index in [2.05, 4.69) is 6.92 Å². The number of rotatable bonds is 6. The molecule has 0 aromatic heterocycles. The van der Waals surface area contributed by atoms with Crippen LogP contribution in [0.25, 0.3) is 0 Å². The van der Waals surface area contributed by atoms with Gasteiger partial charge in [-0.2, -0.15) is 0 Å². The van der Waals surface area contributed by atoms with Gasteiger partial charge in [0.2, 0.25) is 0 Å². The Hall–Kier alpha value is -1.94. The molecule has 134 valence electrons. The molecule has 0 aliphatic carbocycles. The molecule has 0 atom stereocenters. The summed E-state index contributed by atoms with van der Waals surface area (Å²) in [5, 5.41) is 0. The Morgan fingerprint density at radius 1 is 0.840 bits per heavy atom. The van der Waals surface area contributed by atoms with E-state index in [4.69, 9.17) is 0 Å². The van der Waals surface area contributed by atoms with Gasteiger partial charge in [-0.05, 0) is 43.9 Å². The van der Waals surface area contributed by atoms with Gasteiger partial charge < -0.3 is 0 Å². The van der Waals surface area contributed by atoms with Crippen molar-refractivity contribution < 1.29 is 13.2 Å². The SMILES string of the molecule is CCc1ccc(CC(=O)c2ccc(CS(=O)(=O)C(C)(C)C)cc2)cc1. The fraction of sp³-hybridized carbons (Fsp3) is 0.381. The summed E-state index contributed by atoms with van der Waals surface area (Å²) >= 11 is 0. The summed E-state index contributed by atoms with van der Waals surface area (Å²) in [5.41, 5.74) is 3.55. The lowest BCUT2D eigenvalue weighted by atomic mass is 10.0. The molecule has 0 fully saturated rings. The number of hydrogen-bond donors (Lipinski definition) is 0. The molecule has 2 rings (SSSR count). The van der Waals surface area contributed by atoms with Gasteiger partial charge in [0.15, 0.2) is 15.6 Å². The van der Waals surface area contributed by atoms with Crippen molar-refractivity contribution in [1.82, 2.24) is 0 Å². The summed E-state index contributed by atoms with van der Waals surface area (Å²) in [4.78, 5) is 12.4. The number of aryl methyl sites for hydroxylation is 1. The van der Waals surface area contributed by atoms with E-state index in [0.29, 0.717) is 17.5 Å². The van der Waals surface area contributed by atoms with Gasteiger partial charge in [-0.15, -0.1) is 0 Å². The van der Waals surface area contributed by atoms with Crippen LogP contribution >= 0.6 is 0 Å². The predicted molar refractivity (Wildman–Crippen MR) is 103 cm³/mol. The highest BCUT2D eigenvalue weighted by Gasteiger charge is 2.28. The molecule has 0 spiro atoms. The van der Waals surface area contributed by atoms with Gasteiger partial charge >= 0.3 is 0 Å². The lowest BCUT2D eigenvalue weighted by Crippen LogP contribution is -2.29. The summed E-state index contributed by atoms with van der Waals surface area (Å²) in [6.45, 7) is 7.19. The first kappa shape index (κ1) is 19.4. The molecule has 0 saturated heterocycles. The molecule has 25 heavy (non-hydrogen) atoms. The third kappa shape index (κ3) is 5.02. The van der Waals surface area contributed by atoms with Crippen molar-refractivity contribution in [3.05, 3.63) is 70.8 Å². The first-order chi connectivity index (χ1) is 11.6. The second kappa shape index (κ2) is 7.52. The Morgan fingerprint density at radius 2 is 1.32 bits per heavy atom. The van der Waals surface area contributed by atoms with Crippen molar-refractivity contribution in [1.29, 1.82) is 0 Å². The van der Waals surface area contributed by atoms with E-state index in [-0.39, 0.29) is 11.5 Å². The van der Waals surface area contributed by atoms with Crippen LogP contribution in [0.4, 0.5) is 0 Å². The average Bonchev–Trinajstić information content (AvgIpc) is 2.55. The summed E-state index contributed by atoms with van der Waals surface area (Å²) in [7, 11) is -3.22. The van der Waals surface area contributed by atoms with Crippen LogP contribution in [0.5, 0.6) is 0 Å². The minimum Gasteiger partial charge on any atom is -0.294 e. The van der Waals surface area contributed by atoms with Gasteiger partial charge in [0.05, 0.1) is 10.5 Å². The van der Waals surface area contributed by atoms with Crippen molar-refractivity contribution >= 4 is 15.6 Å². The first-order valence-corrected chi connectivity index (χ1v) is 10.2. The maximum absolute atomic E-state index is 12.4. The average molecular weight is 359 g/mol. The molecular formula is C21H26O3S. The van der Waals surface area contributed by atoms with Gasteiger partial charge in [0.1, 0.15) is 0 Å². The zero-order valence-corrected chi connectivity index (χ0v) is 16.2. The molecule has 3 nitrogen and oxygen atoms in total. The molecule has 2 aromatic carbocycles. The van der Waals surface area contributed by atoms with E-state index in [0.717, 1.165) is 12.0 Å². The molecule has 0 radical (unpaired) electrons. The number of carbonyl (C=O) groups is 1. The maximum Gasteiger partial charge on any atom is 0.167 e. The van der Waals surface area contributed by atoms with Gasteiger partial charge in [0, 0.05) is 12.0 Å². The summed E-state index contributed by atoms with van der Waals surface area (Å²) < 4.78 is 23.7. The van der Waals surface area contributed by atoms with Crippen molar-refractivity contribution in [2.45, 2.75) is 51.0 Å². The second-order valence-corrected chi connectivity index (χ2v) is 10.1. The van der Waals surface area contributed by atoms with Crippen LogP contribution < -0.4 is 0 Å². The minimum absolute atomic E-state index is 0.0105. The van der Waals surface area contributed by atoms with Gasteiger partial charge in [-0.25, -0.2) is 8.42 Å². The minimum atomic E-state index is -3.22. The number of sulfone groups is 1. The van der Waals surface area contributed by atoms with Crippen LogP contribution in [-0.2, 0) is 28.4 Å². The van der Waals surface area contributed by atoms with Gasteiger partial charge in [-0.3, -0.25) is 4.79 Å². The smallest absolute Gasteiger partial charge is 0.167 e. The second-order valence-electron chi connectivity index (χ2n) is 7.34. The first-order valence-electron chi connectivity index (χ1n) is 8.54. The zero-order valence-electron chi connectivity index (χ0n) is 15.4. The maximum atomic E-state index is 12.4. The lowest BCUT2D eigenvalue weighted by molar-refractivity contribution is 0.0993. The van der Waals surface area contributed by atoms with Gasteiger partial charge in [-0.1, -0.05) is 55.5 Å². The fourth-order valence-corrected chi connectivity index (χ4v) is 3.47. The van der Waals surface area contributed by atoms with Crippen LogP contribution in [-0.4, -0.2) is 18.9 Å². The van der Waals surface area contributed by atoms with Crippen LogP contribution in [0.15, 0.2) is 48.5 Å². The predicted octanol–water partition coefficient (Wildman–Crippen LogP) is 4.39. The Morgan fingerprint density at radius 3 is 1.80 bits per heavy atom. The molecule has 0 saturated carbocycles. The molecule has 4 heteroatoms. The molecule has 0 aliphatic rings. The van der Waals surface area contributed by atoms with E-state index in [9.17, 15) is 13.2 Å². The number of ketones is 1. The van der Waals surface area contributed by atoms with E-state index >= 15 is 0 Å². The van der Waals surface area contributed by atoms with E-state index in [1.165, 1.54) is 5.56 Å². The number of hydrogen-bond acceptors (Lipinski definition) is 3. The Bertz CT molecular complexity index is 824. The van der Waals surface area contributed by atoms with Crippen molar-refractivity contribution in [3.8, 4) is 0 Å². The third-order valence-corrected chi connectivity index (χ3v) is 6.94. The summed E-state index contributed by atoms with van der Waals surface area (Å²) in [6.07, 6.45) is 1.33. The number of benzene rings is 2. The highest BCUT2D eigenvalue weighted by Crippen LogP contribution is 2.21. The van der Waals surface area contributed by atoms with Crippen molar-refractivity contribution in [2.75, 3.05) is 0 Å². The van der Waals surface area contributed by atoms with Crippen molar-refractivity contribution in [2.24, 2.45) is 0 Å².